The summed E-state index contributed by atoms with van der Waals surface area (Å²) < 4.78 is 0. The standard InChI is InChI=1S/C13H28N2O/c1-5-11(2)13(16)10-15(4)9-12-6-7-14(3)8-12/h11-13,16H,5-10H2,1-4H3. The molecular weight excluding hydrogens is 200 g/mol. The maximum Gasteiger partial charge on any atom is 0.0692 e. The Labute approximate surface area is 100 Å². The summed E-state index contributed by atoms with van der Waals surface area (Å²) >= 11 is 0. The van der Waals surface area contributed by atoms with Gasteiger partial charge >= 0.3 is 0 Å². The fourth-order valence-corrected chi connectivity index (χ4v) is 2.46. The van der Waals surface area contributed by atoms with Crippen LogP contribution in [0.2, 0.25) is 0 Å². The van der Waals surface area contributed by atoms with Gasteiger partial charge in [0.05, 0.1) is 6.10 Å². The van der Waals surface area contributed by atoms with Crippen molar-refractivity contribution >= 4 is 0 Å². The predicted octanol–water partition coefficient (Wildman–Crippen LogP) is 1.28. The van der Waals surface area contributed by atoms with Crippen LogP contribution in [0.1, 0.15) is 26.7 Å². The Morgan fingerprint density at radius 2 is 2.19 bits per heavy atom. The first-order valence-corrected chi connectivity index (χ1v) is 6.58. The van der Waals surface area contributed by atoms with Crippen molar-refractivity contribution in [2.24, 2.45) is 11.8 Å². The van der Waals surface area contributed by atoms with E-state index in [-0.39, 0.29) is 6.10 Å². The summed E-state index contributed by atoms with van der Waals surface area (Å²) in [5.41, 5.74) is 0. The molecule has 1 fully saturated rings. The summed E-state index contributed by atoms with van der Waals surface area (Å²) in [6.07, 6.45) is 2.19. The van der Waals surface area contributed by atoms with Gasteiger partial charge in [-0.05, 0) is 38.9 Å². The van der Waals surface area contributed by atoms with Crippen LogP contribution in [0.25, 0.3) is 0 Å². The molecule has 0 spiro atoms. The van der Waals surface area contributed by atoms with Crippen molar-refractivity contribution in [3.63, 3.8) is 0 Å². The molecule has 1 saturated heterocycles. The lowest BCUT2D eigenvalue weighted by Gasteiger charge is -2.26. The molecule has 0 aliphatic carbocycles. The molecule has 0 saturated carbocycles. The van der Waals surface area contributed by atoms with Crippen LogP contribution < -0.4 is 0 Å². The highest BCUT2D eigenvalue weighted by atomic mass is 16.3. The summed E-state index contributed by atoms with van der Waals surface area (Å²) in [7, 11) is 4.32. The van der Waals surface area contributed by atoms with Crippen molar-refractivity contribution in [1.29, 1.82) is 0 Å². The van der Waals surface area contributed by atoms with E-state index in [2.05, 4.69) is 37.7 Å². The van der Waals surface area contributed by atoms with E-state index in [9.17, 15) is 5.11 Å². The Morgan fingerprint density at radius 3 is 2.69 bits per heavy atom. The summed E-state index contributed by atoms with van der Waals surface area (Å²) in [5, 5.41) is 9.96. The Hall–Kier alpha value is -0.120. The van der Waals surface area contributed by atoms with Crippen molar-refractivity contribution in [3.8, 4) is 0 Å². The molecule has 3 nitrogen and oxygen atoms in total. The molecule has 0 aromatic heterocycles. The minimum absolute atomic E-state index is 0.172. The van der Waals surface area contributed by atoms with Gasteiger partial charge in [0, 0.05) is 19.6 Å². The number of hydrogen-bond donors (Lipinski definition) is 1. The first kappa shape index (κ1) is 13.9. The van der Waals surface area contributed by atoms with Crippen LogP contribution in [0.4, 0.5) is 0 Å². The summed E-state index contributed by atoms with van der Waals surface area (Å²) in [4.78, 5) is 4.68. The highest BCUT2D eigenvalue weighted by molar-refractivity contribution is 4.76. The Morgan fingerprint density at radius 1 is 1.50 bits per heavy atom. The van der Waals surface area contributed by atoms with E-state index >= 15 is 0 Å². The van der Waals surface area contributed by atoms with Crippen LogP contribution in [0, 0.1) is 11.8 Å². The monoisotopic (exact) mass is 228 g/mol. The maximum atomic E-state index is 9.96. The Bertz CT molecular complexity index is 194. The van der Waals surface area contributed by atoms with E-state index in [1.807, 2.05) is 0 Å². The zero-order valence-corrected chi connectivity index (χ0v) is 11.3. The average Bonchev–Trinajstić information content (AvgIpc) is 2.62. The number of aliphatic hydroxyl groups excluding tert-OH is 1. The molecule has 1 heterocycles. The third kappa shape index (κ3) is 4.40. The molecule has 0 amide bonds. The SMILES string of the molecule is CCC(C)C(O)CN(C)CC1CCN(C)C1. The number of likely N-dealkylation sites (tertiary alicyclic amines) is 1. The highest BCUT2D eigenvalue weighted by Crippen LogP contribution is 2.16. The van der Waals surface area contributed by atoms with Crippen LogP contribution in [0.3, 0.4) is 0 Å². The highest BCUT2D eigenvalue weighted by Gasteiger charge is 2.22. The van der Waals surface area contributed by atoms with Gasteiger partial charge in [0.1, 0.15) is 0 Å². The summed E-state index contributed by atoms with van der Waals surface area (Å²) in [6.45, 7) is 8.64. The van der Waals surface area contributed by atoms with Crippen molar-refractivity contribution < 1.29 is 5.11 Å². The average molecular weight is 228 g/mol. The van der Waals surface area contributed by atoms with Gasteiger partial charge in [-0.2, -0.15) is 0 Å². The first-order chi connectivity index (χ1) is 7.52. The molecule has 3 atom stereocenters. The van der Waals surface area contributed by atoms with Crippen LogP contribution >= 0.6 is 0 Å². The third-order valence-electron chi connectivity index (χ3n) is 3.86. The zero-order chi connectivity index (χ0) is 12.1. The number of rotatable bonds is 6. The molecule has 1 aliphatic rings. The molecule has 1 N–H and O–H groups in total. The lowest BCUT2D eigenvalue weighted by Crippen LogP contribution is -2.36. The number of hydrogen-bond acceptors (Lipinski definition) is 3. The third-order valence-corrected chi connectivity index (χ3v) is 3.86. The fraction of sp³-hybridized carbons (Fsp3) is 1.00. The van der Waals surface area contributed by atoms with Crippen molar-refractivity contribution in [3.05, 3.63) is 0 Å². The van der Waals surface area contributed by atoms with Gasteiger partial charge in [0.2, 0.25) is 0 Å². The molecular formula is C13H28N2O. The molecule has 96 valence electrons. The second-order valence-corrected chi connectivity index (χ2v) is 5.59. The van der Waals surface area contributed by atoms with E-state index in [0.29, 0.717) is 5.92 Å². The number of likely N-dealkylation sites (N-methyl/N-ethyl adjacent to an activating group) is 1. The molecule has 16 heavy (non-hydrogen) atoms. The maximum absolute atomic E-state index is 9.96. The smallest absolute Gasteiger partial charge is 0.0692 e. The molecule has 0 bridgehead atoms. The van der Waals surface area contributed by atoms with E-state index in [1.54, 1.807) is 0 Å². The molecule has 3 heteroatoms. The Balaban J connectivity index is 2.22. The van der Waals surface area contributed by atoms with E-state index in [4.69, 9.17) is 0 Å². The van der Waals surface area contributed by atoms with Crippen molar-refractivity contribution in [2.45, 2.75) is 32.8 Å². The van der Waals surface area contributed by atoms with Gasteiger partial charge in [-0.25, -0.2) is 0 Å². The predicted molar refractivity (Wildman–Crippen MR) is 68.6 cm³/mol. The first-order valence-electron chi connectivity index (χ1n) is 6.58. The van der Waals surface area contributed by atoms with Gasteiger partial charge in [-0.3, -0.25) is 0 Å². The molecule has 0 radical (unpaired) electrons. The second kappa shape index (κ2) is 6.58. The van der Waals surface area contributed by atoms with Crippen LogP contribution in [-0.4, -0.2) is 61.3 Å². The quantitative estimate of drug-likeness (QED) is 0.742. The van der Waals surface area contributed by atoms with E-state index in [1.165, 1.54) is 19.5 Å². The van der Waals surface area contributed by atoms with Gasteiger partial charge in [0.25, 0.3) is 0 Å². The summed E-state index contributed by atoms with van der Waals surface area (Å²) in [6, 6.07) is 0. The Kier molecular flexibility index (Phi) is 5.73. The largest absolute Gasteiger partial charge is 0.392 e. The molecule has 3 unspecified atom stereocenters. The molecule has 1 aliphatic heterocycles. The molecule has 0 aromatic rings. The van der Waals surface area contributed by atoms with Gasteiger partial charge in [0.15, 0.2) is 0 Å². The normalized spacial score (nSPS) is 26.2. The molecule has 0 aromatic carbocycles. The minimum atomic E-state index is -0.172. The lowest BCUT2D eigenvalue weighted by molar-refractivity contribution is 0.0729. The lowest BCUT2D eigenvalue weighted by atomic mass is 10.0. The zero-order valence-electron chi connectivity index (χ0n) is 11.3. The van der Waals surface area contributed by atoms with Gasteiger partial charge in [-0.1, -0.05) is 20.3 Å². The van der Waals surface area contributed by atoms with Gasteiger partial charge < -0.3 is 14.9 Å². The summed E-state index contributed by atoms with van der Waals surface area (Å²) in [5.74, 6) is 1.20. The van der Waals surface area contributed by atoms with Crippen molar-refractivity contribution in [1.82, 2.24) is 9.80 Å². The minimum Gasteiger partial charge on any atom is -0.392 e. The van der Waals surface area contributed by atoms with Crippen molar-refractivity contribution in [2.75, 3.05) is 40.3 Å². The number of aliphatic hydroxyl groups is 1. The number of nitrogens with zero attached hydrogens (tertiary/aromatic N) is 2. The fourth-order valence-electron chi connectivity index (χ4n) is 2.46. The van der Waals surface area contributed by atoms with Gasteiger partial charge in [-0.15, -0.1) is 0 Å². The van der Waals surface area contributed by atoms with Crippen LogP contribution in [0.5, 0.6) is 0 Å². The van der Waals surface area contributed by atoms with Crippen LogP contribution in [0.15, 0.2) is 0 Å². The molecule has 1 rings (SSSR count). The van der Waals surface area contributed by atoms with E-state index in [0.717, 1.165) is 25.4 Å². The second-order valence-electron chi connectivity index (χ2n) is 5.59. The van der Waals surface area contributed by atoms with E-state index < -0.39 is 0 Å². The van der Waals surface area contributed by atoms with Crippen LogP contribution in [-0.2, 0) is 0 Å². The topological polar surface area (TPSA) is 26.7 Å².